The van der Waals surface area contributed by atoms with Gasteiger partial charge in [-0.3, -0.25) is 9.59 Å². The minimum absolute atomic E-state index is 0.00318. The molecule has 1 aliphatic carbocycles. The van der Waals surface area contributed by atoms with Gasteiger partial charge in [-0.2, -0.15) is 0 Å². The summed E-state index contributed by atoms with van der Waals surface area (Å²) >= 11 is 6.31. The Balaban J connectivity index is 1.55. The van der Waals surface area contributed by atoms with Gasteiger partial charge in [0.1, 0.15) is 0 Å². The van der Waals surface area contributed by atoms with E-state index < -0.39 is 0 Å². The summed E-state index contributed by atoms with van der Waals surface area (Å²) in [7, 11) is 1.69. The van der Waals surface area contributed by atoms with Crippen molar-refractivity contribution in [1.29, 1.82) is 0 Å². The van der Waals surface area contributed by atoms with Crippen molar-refractivity contribution in [2.45, 2.75) is 31.9 Å². The van der Waals surface area contributed by atoms with Crippen molar-refractivity contribution in [3.05, 3.63) is 47.0 Å². The molecule has 2 aromatic rings. The largest absolute Gasteiger partial charge is 0.379 e. The lowest BCUT2D eigenvalue weighted by atomic mass is 9.77. The van der Waals surface area contributed by atoms with Gasteiger partial charge in [0, 0.05) is 43.1 Å². The van der Waals surface area contributed by atoms with Crippen molar-refractivity contribution >= 4 is 34.2 Å². The van der Waals surface area contributed by atoms with Crippen LogP contribution in [0.15, 0.2) is 36.4 Å². The minimum Gasteiger partial charge on any atom is -0.379 e. The third kappa shape index (κ3) is 3.49. The molecule has 2 aliphatic rings. The van der Waals surface area contributed by atoms with Crippen LogP contribution in [-0.2, 0) is 9.53 Å². The molecule has 2 aromatic carbocycles. The number of halogens is 1. The van der Waals surface area contributed by atoms with Gasteiger partial charge in [-0.15, -0.1) is 0 Å². The van der Waals surface area contributed by atoms with Crippen molar-refractivity contribution in [2.75, 3.05) is 20.2 Å². The van der Waals surface area contributed by atoms with Crippen LogP contribution in [0.25, 0.3) is 10.8 Å². The van der Waals surface area contributed by atoms with E-state index in [0.29, 0.717) is 29.0 Å². The molecule has 1 N–H and O–H groups in total. The smallest absolute Gasteiger partial charge is 0.254 e. The first-order valence-electron chi connectivity index (χ1n) is 9.74. The number of carbonyl (C=O) groups excluding carboxylic acids is 2. The van der Waals surface area contributed by atoms with Crippen LogP contribution in [0.3, 0.4) is 0 Å². The van der Waals surface area contributed by atoms with E-state index in [-0.39, 0.29) is 24.0 Å². The molecule has 0 radical (unpaired) electrons. The fraction of sp³-hybridized carbons (Fsp3) is 0.455. The number of hydrogen-bond acceptors (Lipinski definition) is 3. The molecule has 1 saturated heterocycles. The predicted octanol–water partition coefficient (Wildman–Crippen LogP) is 3.49. The number of benzene rings is 2. The van der Waals surface area contributed by atoms with Crippen LogP contribution in [0, 0.1) is 11.8 Å². The minimum atomic E-state index is -0.0379. The van der Waals surface area contributed by atoms with E-state index in [9.17, 15) is 9.59 Å². The van der Waals surface area contributed by atoms with Gasteiger partial charge >= 0.3 is 0 Å². The number of likely N-dealkylation sites (tertiary alicyclic amines) is 1. The monoisotopic (exact) mass is 400 g/mol. The first kappa shape index (κ1) is 19.2. The van der Waals surface area contributed by atoms with Crippen LogP contribution in [0.4, 0.5) is 0 Å². The average molecular weight is 401 g/mol. The third-order valence-corrected chi connectivity index (χ3v) is 6.52. The van der Waals surface area contributed by atoms with Gasteiger partial charge in [0.15, 0.2) is 0 Å². The first-order chi connectivity index (χ1) is 13.5. The highest BCUT2D eigenvalue weighted by atomic mass is 35.5. The van der Waals surface area contributed by atoms with E-state index in [2.05, 4.69) is 5.32 Å². The highest BCUT2D eigenvalue weighted by Crippen LogP contribution is 2.38. The summed E-state index contributed by atoms with van der Waals surface area (Å²) in [6, 6.07) is 11.4. The number of methoxy groups -OCH3 is 1. The number of nitrogens with zero attached hydrogens (tertiary/aromatic N) is 1. The lowest BCUT2D eigenvalue weighted by Gasteiger charge is -2.37. The normalized spacial score (nSPS) is 26.9. The summed E-state index contributed by atoms with van der Waals surface area (Å²) in [5.41, 5.74) is 0.695. The predicted molar refractivity (Wildman–Crippen MR) is 109 cm³/mol. The van der Waals surface area contributed by atoms with Crippen LogP contribution < -0.4 is 5.32 Å². The number of fused-ring (bicyclic) bond motifs is 2. The van der Waals surface area contributed by atoms with Crippen molar-refractivity contribution in [3.63, 3.8) is 0 Å². The molecule has 1 aliphatic heterocycles. The molecule has 0 bridgehead atoms. The topological polar surface area (TPSA) is 58.6 Å². The van der Waals surface area contributed by atoms with Gasteiger partial charge in [0.25, 0.3) is 5.91 Å². The maximum atomic E-state index is 13.3. The summed E-state index contributed by atoms with van der Waals surface area (Å²) in [4.78, 5) is 26.8. The molecule has 5 nitrogen and oxygen atoms in total. The van der Waals surface area contributed by atoms with E-state index in [1.807, 2.05) is 41.3 Å². The molecular weight excluding hydrogens is 376 g/mol. The zero-order valence-corrected chi connectivity index (χ0v) is 16.9. The fourth-order valence-electron chi connectivity index (χ4n) is 4.88. The van der Waals surface area contributed by atoms with Gasteiger partial charge in [-0.1, -0.05) is 35.9 Å². The van der Waals surface area contributed by atoms with Gasteiger partial charge in [0.05, 0.1) is 12.1 Å². The Hall–Kier alpha value is -2.11. The number of ether oxygens (including phenoxy) is 1. The molecule has 0 spiro atoms. The molecule has 4 atom stereocenters. The second-order valence-corrected chi connectivity index (χ2v) is 8.33. The van der Waals surface area contributed by atoms with Crippen LogP contribution in [-0.4, -0.2) is 49.1 Å². The molecule has 6 heteroatoms. The van der Waals surface area contributed by atoms with Gasteiger partial charge in [-0.05, 0) is 42.2 Å². The Morgan fingerprint density at radius 2 is 1.75 bits per heavy atom. The van der Waals surface area contributed by atoms with Crippen LogP contribution in [0.2, 0.25) is 5.02 Å². The Morgan fingerprint density at radius 3 is 2.46 bits per heavy atom. The van der Waals surface area contributed by atoms with E-state index in [1.165, 1.54) is 6.92 Å². The summed E-state index contributed by atoms with van der Waals surface area (Å²) in [5.74, 6) is 0.791. The number of nitrogens with one attached hydrogen (secondary N) is 1. The second kappa shape index (κ2) is 7.72. The van der Waals surface area contributed by atoms with Gasteiger partial charge < -0.3 is 15.0 Å². The molecule has 148 valence electrons. The maximum Gasteiger partial charge on any atom is 0.254 e. The summed E-state index contributed by atoms with van der Waals surface area (Å²) in [5, 5.41) is 5.46. The summed E-state index contributed by atoms with van der Waals surface area (Å²) in [6.45, 7) is 2.98. The van der Waals surface area contributed by atoms with Gasteiger partial charge in [0.2, 0.25) is 5.91 Å². The molecule has 2 amide bonds. The quantitative estimate of drug-likeness (QED) is 0.857. The number of amides is 2. The Morgan fingerprint density at radius 1 is 1.07 bits per heavy atom. The number of carbonyl (C=O) groups is 2. The van der Waals surface area contributed by atoms with Crippen LogP contribution in [0.1, 0.15) is 30.1 Å². The molecule has 1 heterocycles. The number of hydrogen-bond donors (Lipinski definition) is 1. The van der Waals surface area contributed by atoms with Crippen molar-refractivity contribution in [2.24, 2.45) is 11.8 Å². The SMILES string of the molecule is CO[C@@H]1C[C@H]2CN(C(=O)c3cccc4c(Cl)cccc34)C[C@H]2C[C@H]1NC(C)=O. The lowest BCUT2D eigenvalue weighted by Crippen LogP contribution is -2.49. The Labute approximate surface area is 170 Å². The lowest BCUT2D eigenvalue weighted by molar-refractivity contribution is -0.121. The molecular formula is C22H25ClN2O3. The summed E-state index contributed by atoms with van der Waals surface area (Å²) in [6.07, 6.45) is 1.70. The van der Waals surface area contributed by atoms with E-state index in [4.69, 9.17) is 16.3 Å². The average Bonchev–Trinajstić information content (AvgIpc) is 3.09. The molecule has 1 saturated carbocycles. The zero-order chi connectivity index (χ0) is 19.8. The Kier molecular flexibility index (Phi) is 5.30. The molecule has 28 heavy (non-hydrogen) atoms. The second-order valence-electron chi connectivity index (χ2n) is 7.92. The van der Waals surface area contributed by atoms with Gasteiger partial charge in [-0.25, -0.2) is 0 Å². The molecule has 0 unspecified atom stereocenters. The van der Waals surface area contributed by atoms with Crippen LogP contribution in [0.5, 0.6) is 0 Å². The van der Waals surface area contributed by atoms with Crippen molar-refractivity contribution in [1.82, 2.24) is 10.2 Å². The van der Waals surface area contributed by atoms with E-state index >= 15 is 0 Å². The van der Waals surface area contributed by atoms with Crippen LogP contribution >= 0.6 is 11.6 Å². The number of rotatable bonds is 3. The van der Waals surface area contributed by atoms with E-state index in [0.717, 1.165) is 30.2 Å². The fourth-order valence-corrected chi connectivity index (χ4v) is 5.12. The standard InChI is InChI=1S/C22H25ClN2O3/c1-13(26)24-20-9-14-11-25(12-15(14)10-21(20)28-2)22(27)18-7-3-6-17-16(18)5-4-8-19(17)23/h3-8,14-15,20-21H,9-12H2,1-2H3,(H,24,26)/t14-,15+,20-,21-/m1/s1. The maximum absolute atomic E-state index is 13.3. The zero-order valence-electron chi connectivity index (χ0n) is 16.2. The highest BCUT2D eigenvalue weighted by Gasteiger charge is 2.44. The van der Waals surface area contributed by atoms with E-state index in [1.54, 1.807) is 7.11 Å². The highest BCUT2D eigenvalue weighted by molar-refractivity contribution is 6.36. The molecule has 2 fully saturated rings. The van der Waals surface area contributed by atoms with Crippen molar-refractivity contribution in [3.8, 4) is 0 Å². The van der Waals surface area contributed by atoms with Crippen molar-refractivity contribution < 1.29 is 14.3 Å². The molecule has 0 aromatic heterocycles. The molecule has 4 rings (SSSR count). The first-order valence-corrected chi connectivity index (χ1v) is 10.1. The third-order valence-electron chi connectivity index (χ3n) is 6.19. The summed E-state index contributed by atoms with van der Waals surface area (Å²) < 4.78 is 5.63. The Bertz CT molecular complexity index is 916.